The van der Waals surface area contributed by atoms with Gasteiger partial charge in [-0.25, -0.2) is 4.39 Å². The molecule has 1 N–H and O–H groups in total. The van der Waals surface area contributed by atoms with E-state index < -0.39 is 0 Å². The number of carbonyl (C=O) groups is 1. The highest BCUT2D eigenvalue weighted by molar-refractivity contribution is 8.11. The minimum absolute atomic E-state index is 0.276. The average Bonchev–Trinajstić information content (AvgIpc) is 2.91. The van der Waals surface area contributed by atoms with Gasteiger partial charge in [-0.15, -0.1) is 11.8 Å². The molecule has 0 saturated heterocycles. The van der Waals surface area contributed by atoms with Crippen molar-refractivity contribution in [3.63, 3.8) is 0 Å². The van der Waals surface area contributed by atoms with Gasteiger partial charge in [-0.2, -0.15) is 0 Å². The second-order valence-corrected chi connectivity index (χ2v) is 10.7. The Hall–Kier alpha value is -3.20. The number of carbonyl (C=O) groups excluding carboxylic acids is 1. The molecule has 0 unspecified atom stereocenters. The Balaban J connectivity index is 1.90. The summed E-state index contributed by atoms with van der Waals surface area (Å²) in [6.07, 6.45) is 1.59. The SMILES string of the molecule is COc1cc(CN(C)CCc2c(C=O)cc(CN(C)CCSC=N)cc2-c2ccc(F)cc2C)cc(OC)c1. The molecule has 0 amide bonds. The van der Waals surface area contributed by atoms with E-state index in [2.05, 4.69) is 15.9 Å². The van der Waals surface area contributed by atoms with Gasteiger partial charge in [0.2, 0.25) is 0 Å². The second kappa shape index (κ2) is 14.8. The number of nitrogens with zero attached hydrogens (tertiary/aromatic N) is 2. The van der Waals surface area contributed by atoms with Crippen LogP contribution in [-0.2, 0) is 19.5 Å². The third kappa shape index (κ3) is 8.65. The Morgan fingerprint density at radius 3 is 2.13 bits per heavy atom. The number of nitrogens with one attached hydrogen (secondary N) is 1. The third-order valence-corrected chi connectivity index (χ3v) is 7.27. The van der Waals surface area contributed by atoms with Gasteiger partial charge in [-0.3, -0.25) is 4.79 Å². The number of aldehydes is 1. The third-order valence-electron chi connectivity index (χ3n) is 6.68. The summed E-state index contributed by atoms with van der Waals surface area (Å²) in [5, 5.41) is 7.21. The Labute approximate surface area is 235 Å². The highest BCUT2D eigenvalue weighted by Crippen LogP contribution is 2.32. The molecule has 0 spiro atoms. The maximum Gasteiger partial charge on any atom is 0.150 e. The number of hydrogen-bond donors (Lipinski definition) is 1. The van der Waals surface area contributed by atoms with Crippen molar-refractivity contribution in [1.82, 2.24) is 9.80 Å². The van der Waals surface area contributed by atoms with E-state index in [4.69, 9.17) is 14.9 Å². The molecule has 3 rings (SSSR count). The first-order valence-electron chi connectivity index (χ1n) is 12.8. The van der Waals surface area contributed by atoms with Gasteiger partial charge in [0.15, 0.2) is 0 Å². The molecule has 0 aromatic heterocycles. The molecular weight excluding hydrogens is 513 g/mol. The number of aryl methyl sites for hydroxylation is 1. The van der Waals surface area contributed by atoms with Crippen LogP contribution in [0.1, 0.15) is 32.6 Å². The van der Waals surface area contributed by atoms with Gasteiger partial charge in [0.05, 0.1) is 19.8 Å². The standard InChI is InChI=1S/C31H38FN3O3S/c1-22-12-26(32)6-7-29(22)31-16-23(18-35(3)10-11-39-21-33)13-25(20-36)30(31)8-9-34(2)19-24-14-27(37-4)17-28(15-24)38-5/h6-7,12-17,20-21,33H,8-11,18-19H2,1-5H3. The Morgan fingerprint density at radius 2 is 1.54 bits per heavy atom. The minimum atomic E-state index is -0.276. The van der Waals surface area contributed by atoms with Crippen LogP contribution in [0.15, 0.2) is 48.5 Å². The lowest BCUT2D eigenvalue weighted by molar-refractivity contribution is 0.112. The molecule has 0 radical (unpaired) electrons. The van der Waals surface area contributed by atoms with Crippen molar-refractivity contribution < 1.29 is 18.7 Å². The van der Waals surface area contributed by atoms with Crippen LogP contribution >= 0.6 is 11.8 Å². The number of benzene rings is 3. The van der Waals surface area contributed by atoms with Gasteiger partial charge in [0.25, 0.3) is 0 Å². The van der Waals surface area contributed by atoms with Crippen LogP contribution < -0.4 is 9.47 Å². The van der Waals surface area contributed by atoms with Crippen LogP contribution in [0.4, 0.5) is 4.39 Å². The van der Waals surface area contributed by atoms with Crippen molar-refractivity contribution in [1.29, 1.82) is 5.41 Å². The zero-order valence-electron chi connectivity index (χ0n) is 23.4. The number of ether oxygens (including phenoxy) is 2. The molecule has 6 nitrogen and oxygen atoms in total. The normalized spacial score (nSPS) is 11.2. The average molecular weight is 552 g/mol. The van der Waals surface area contributed by atoms with Gasteiger partial charge in [0, 0.05) is 43.6 Å². The first kappa shape index (κ1) is 30.3. The fourth-order valence-electron chi connectivity index (χ4n) is 4.71. The van der Waals surface area contributed by atoms with Gasteiger partial charge in [-0.05, 0) is 97.2 Å². The van der Waals surface area contributed by atoms with E-state index in [0.717, 1.165) is 63.5 Å². The van der Waals surface area contributed by atoms with E-state index in [1.54, 1.807) is 20.3 Å². The fraction of sp³-hybridized carbons (Fsp3) is 0.355. The van der Waals surface area contributed by atoms with Crippen LogP contribution in [0.5, 0.6) is 11.5 Å². The topological polar surface area (TPSA) is 65.9 Å². The summed E-state index contributed by atoms with van der Waals surface area (Å²) in [7, 11) is 7.35. The number of halogens is 1. The molecule has 0 bridgehead atoms. The van der Waals surface area contributed by atoms with Crippen LogP contribution in [0.25, 0.3) is 11.1 Å². The molecule has 0 aliphatic rings. The molecule has 208 valence electrons. The van der Waals surface area contributed by atoms with Crippen molar-refractivity contribution in [3.05, 3.63) is 82.2 Å². The summed E-state index contributed by atoms with van der Waals surface area (Å²) in [6.45, 7) is 4.80. The summed E-state index contributed by atoms with van der Waals surface area (Å²) in [5.41, 5.74) is 7.79. The molecule has 0 aliphatic heterocycles. The zero-order chi connectivity index (χ0) is 28.4. The molecule has 3 aromatic rings. The maximum atomic E-state index is 14.0. The van der Waals surface area contributed by atoms with E-state index in [1.807, 2.05) is 45.3 Å². The molecular formula is C31H38FN3O3S. The first-order valence-corrected chi connectivity index (χ1v) is 13.9. The van der Waals surface area contributed by atoms with Crippen LogP contribution in [0, 0.1) is 18.2 Å². The van der Waals surface area contributed by atoms with E-state index in [-0.39, 0.29) is 5.82 Å². The Morgan fingerprint density at radius 1 is 0.897 bits per heavy atom. The zero-order valence-corrected chi connectivity index (χ0v) is 24.2. The van der Waals surface area contributed by atoms with Crippen LogP contribution in [0.2, 0.25) is 0 Å². The number of methoxy groups -OCH3 is 2. The summed E-state index contributed by atoms with van der Waals surface area (Å²) >= 11 is 1.46. The fourth-order valence-corrected chi connectivity index (χ4v) is 5.25. The van der Waals surface area contributed by atoms with Crippen molar-refractivity contribution in [2.24, 2.45) is 0 Å². The number of likely N-dealkylation sites (N-methyl/N-ethyl adjacent to an activating group) is 1. The van der Waals surface area contributed by atoms with E-state index in [1.165, 1.54) is 29.4 Å². The number of rotatable bonds is 15. The van der Waals surface area contributed by atoms with Crippen molar-refractivity contribution in [3.8, 4) is 22.6 Å². The number of thioether (sulfide) groups is 1. The molecule has 0 fully saturated rings. The highest BCUT2D eigenvalue weighted by atomic mass is 32.2. The number of hydrogen-bond acceptors (Lipinski definition) is 7. The lowest BCUT2D eigenvalue weighted by atomic mass is 9.89. The molecule has 0 atom stereocenters. The van der Waals surface area contributed by atoms with E-state index in [0.29, 0.717) is 31.6 Å². The Bertz CT molecular complexity index is 1260. The van der Waals surface area contributed by atoms with Crippen molar-refractivity contribution >= 4 is 23.6 Å². The lowest BCUT2D eigenvalue weighted by Crippen LogP contribution is -2.22. The van der Waals surface area contributed by atoms with Crippen LogP contribution in [0.3, 0.4) is 0 Å². The second-order valence-electron chi connectivity index (χ2n) is 9.72. The summed E-state index contributed by atoms with van der Waals surface area (Å²) in [5.74, 6) is 2.04. The molecule has 3 aromatic carbocycles. The van der Waals surface area contributed by atoms with Gasteiger partial charge >= 0.3 is 0 Å². The van der Waals surface area contributed by atoms with Gasteiger partial charge in [0.1, 0.15) is 23.6 Å². The van der Waals surface area contributed by atoms with Crippen molar-refractivity contribution in [2.75, 3.05) is 47.2 Å². The van der Waals surface area contributed by atoms with Gasteiger partial charge in [-0.1, -0.05) is 6.07 Å². The maximum absolute atomic E-state index is 14.0. The predicted octanol–water partition coefficient (Wildman–Crippen LogP) is 6.08. The smallest absolute Gasteiger partial charge is 0.150 e. The first-order chi connectivity index (χ1) is 18.8. The highest BCUT2D eigenvalue weighted by Gasteiger charge is 2.16. The van der Waals surface area contributed by atoms with E-state index in [9.17, 15) is 9.18 Å². The van der Waals surface area contributed by atoms with Crippen molar-refractivity contribution in [2.45, 2.75) is 26.4 Å². The monoisotopic (exact) mass is 551 g/mol. The van der Waals surface area contributed by atoms with E-state index >= 15 is 0 Å². The largest absolute Gasteiger partial charge is 0.497 e. The van der Waals surface area contributed by atoms with Gasteiger partial charge < -0.3 is 24.7 Å². The molecule has 0 heterocycles. The molecule has 8 heteroatoms. The summed E-state index contributed by atoms with van der Waals surface area (Å²) in [6, 6.07) is 14.8. The molecule has 39 heavy (non-hydrogen) atoms. The molecule has 0 saturated carbocycles. The predicted molar refractivity (Wildman–Crippen MR) is 159 cm³/mol. The summed E-state index contributed by atoms with van der Waals surface area (Å²) in [4.78, 5) is 16.7. The molecule has 0 aliphatic carbocycles. The summed E-state index contributed by atoms with van der Waals surface area (Å²) < 4.78 is 24.8. The quantitative estimate of drug-likeness (QED) is 0.107. The lowest BCUT2D eigenvalue weighted by Gasteiger charge is -2.22. The Kier molecular flexibility index (Phi) is 11.5. The minimum Gasteiger partial charge on any atom is -0.497 e. The van der Waals surface area contributed by atoms with Crippen LogP contribution in [-0.4, -0.2) is 68.8 Å².